The molecule has 0 radical (unpaired) electrons. The molecular weight excluding hydrogens is 456 g/mol. The number of amides is 1. The number of nitrogens with one attached hydrogen (secondary N) is 1. The third-order valence-electron chi connectivity index (χ3n) is 4.26. The molecule has 0 spiro atoms. The Morgan fingerprint density at radius 3 is 2.30 bits per heavy atom. The Balaban J connectivity index is 1.84. The Bertz CT molecular complexity index is 1220. The van der Waals surface area contributed by atoms with E-state index in [4.69, 9.17) is 0 Å². The molecule has 0 fully saturated rings. The summed E-state index contributed by atoms with van der Waals surface area (Å²) in [6, 6.07) is 10.1. The van der Waals surface area contributed by atoms with Crippen LogP contribution in [-0.2, 0) is 6.18 Å². The Kier molecular flexibility index (Phi) is 6.47. The molecule has 0 saturated heterocycles. The molecule has 1 N–H and O–H groups in total. The maximum absolute atomic E-state index is 13.0. The van der Waals surface area contributed by atoms with E-state index in [2.05, 4.69) is 15.2 Å². The number of nitrogens with zero attached hydrogens (tertiary/aromatic N) is 2. The van der Waals surface area contributed by atoms with Gasteiger partial charge in [-0.25, -0.2) is 4.68 Å². The lowest BCUT2D eigenvalue weighted by molar-refractivity contribution is -0.153. The standard InChI is InChI=1S/C21H15F6N3O3/c1-12-9-17(31)18(29-30(12)15-4-2-3-13(10-15)21(25,26)27)19(32)28-14-5-7-16(8-6-14)33-11-20(22,23)24/h2-10H,11H2,1H3,(H,28,32). The second-order valence-corrected chi connectivity index (χ2v) is 6.84. The van der Waals surface area contributed by atoms with Crippen molar-refractivity contribution in [3.63, 3.8) is 0 Å². The first-order valence-corrected chi connectivity index (χ1v) is 9.23. The van der Waals surface area contributed by atoms with E-state index in [1.807, 2.05) is 0 Å². The van der Waals surface area contributed by atoms with Crippen LogP contribution in [0.3, 0.4) is 0 Å². The van der Waals surface area contributed by atoms with Gasteiger partial charge in [0.25, 0.3) is 5.91 Å². The van der Waals surface area contributed by atoms with E-state index >= 15 is 0 Å². The van der Waals surface area contributed by atoms with Crippen LogP contribution < -0.4 is 15.5 Å². The normalized spacial score (nSPS) is 11.8. The van der Waals surface area contributed by atoms with Gasteiger partial charge in [0.15, 0.2) is 12.3 Å². The summed E-state index contributed by atoms with van der Waals surface area (Å²) in [5, 5.41) is 6.27. The number of carbonyl (C=O) groups is 1. The smallest absolute Gasteiger partial charge is 0.422 e. The lowest BCUT2D eigenvalue weighted by Crippen LogP contribution is -2.27. The molecule has 1 amide bonds. The minimum absolute atomic E-state index is 0.0115. The number of ether oxygens (including phenoxy) is 1. The zero-order valence-electron chi connectivity index (χ0n) is 16.8. The molecule has 3 rings (SSSR count). The summed E-state index contributed by atoms with van der Waals surface area (Å²) < 4.78 is 81.3. The van der Waals surface area contributed by atoms with Gasteiger partial charge in [0.1, 0.15) is 5.75 Å². The zero-order valence-corrected chi connectivity index (χ0v) is 16.8. The summed E-state index contributed by atoms with van der Waals surface area (Å²) >= 11 is 0. The van der Waals surface area contributed by atoms with Crippen LogP contribution in [0.4, 0.5) is 32.0 Å². The quantitative estimate of drug-likeness (QED) is 0.545. The number of alkyl halides is 6. The van der Waals surface area contributed by atoms with Gasteiger partial charge < -0.3 is 10.1 Å². The van der Waals surface area contributed by atoms with Crippen molar-refractivity contribution in [2.75, 3.05) is 11.9 Å². The van der Waals surface area contributed by atoms with Crippen molar-refractivity contribution in [3.8, 4) is 11.4 Å². The topological polar surface area (TPSA) is 73.2 Å². The summed E-state index contributed by atoms with van der Waals surface area (Å²) in [7, 11) is 0. The third-order valence-corrected chi connectivity index (χ3v) is 4.26. The highest BCUT2D eigenvalue weighted by Gasteiger charge is 2.31. The average Bonchev–Trinajstić information content (AvgIpc) is 2.72. The molecule has 0 aliphatic carbocycles. The van der Waals surface area contributed by atoms with Gasteiger partial charge in [0.2, 0.25) is 5.43 Å². The van der Waals surface area contributed by atoms with Gasteiger partial charge in [-0.2, -0.15) is 31.4 Å². The van der Waals surface area contributed by atoms with Gasteiger partial charge >= 0.3 is 12.4 Å². The fraction of sp³-hybridized carbons (Fsp3) is 0.190. The number of halogens is 6. The van der Waals surface area contributed by atoms with Crippen LogP contribution in [-0.4, -0.2) is 28.5 Å². The Morgan fingerprint density at radius 2 is 1.70 bits per heavy atom. The van der Waals surface area contributed by atoms with E-state index in [0.717, 1.165) is 22.9 Å². The molecule has 0 atom stereocenters. The first-order valence-electron chi connectivity index (χ1n) is 9.23. The van der Waals surface area contributed by atoms with Crippen LogP contribution in [0.25, 0.3) is 5.69 Å². The Morgan fingerprint density at radius 1 is 1.03 bits per heavy atom. The van der Waals surface area contributed by atoms with Crippen molar-refractivity contribution in [2.45, 2.75) is 19.3 Å². The van der Waals surface area contributed by atoms with Crippen LogP contribution in [0.1, 0.15) is 21.7 Å². The molecule has 0 saturated carbocycles. The maximum Gasteiger partial charge on any atom is 0.422 e. The summed E-state index contributed by atoms with van der Waals surface area (Å²) in [4.78, 5) is 24.8. The molecule has 0 bridgehead atoms. The number of rotatable bonds is 5. The van der Waals surface area contributed by atoms with E-state index in [-0.39, 0.29) is 22.8 Å². The van der Waals surface area contributed by atoms with Crippen LogP contribution >= 0.6 is 0 Å². The van der Waals surface area contributed by atoms with E-state index < -0.39 is 41.6 Å². The summed E-state index contributed by atoms with van der Waals surface area (Å²) in [5.74, 6) is -1.05. The fourth-order valence-corrected chi connectivity index (χ4v) is 2.77. The number of anilines is 1. The number of carbonyl (C=O) groups excluding carboxylic acids is 1. The first kappa shape index (κ1) is 23.8. The SMILES string of the molecule is Cc1cc(=O)c(C(=O)Nc2ccc(OCC(F)(F)F)cc2)nn1-c1cccc(C(F)(F)F)c1. The lowest BCUT2D eigenvalue weighted by atomic mass is 10.2. The fourth-order valence-electron chi connectivity index (χ4n) is 2.77. The monoisotopic (exact) mass is 471 g/mol. The molecule has 33 heavy (non-hydrogen) atoms. The predicted molar refractivity (Wildman–Crippen MR) is 106 cm³/mol. The molecule has 2 aromatic carbocycles. The van der Waals surface area contributed by atoms with E-state index in [0.29, 0.717) is 0 Å². The predicted octanol–water partition coefficient (Wildman–Crippen LogP) is 4.75. The van der Waals surface area contributed by atoms with Crippen LogP contribution in [0.5, 0.6) is 5.75 Å². The number of hydrogen-bond donors (Lipinski definition) is 1. The number of aromatic nitrogens is 2. The van der Waals surface area contributed by atoms with Gasteiger partial charge in [-0.1, -0.05) is 6.07 Å². The molecular formula is C21H15F6N3O3. The van der Waals surface area contributed by atoms with Crippen molar-refractivity contribution in [1.29, 1.82) is 0 Å². The summed E-state index contributed by atoms with van der Waals surface area (Å²) in [5.41, 5.74) is -1.97. The molecule has 0 unspecified atom stereocenters. The third kappa shape index (κ3) is 6.11. The van der Waals surface area contributed by atoms with Crippen molar-refractivity contribution in [3.05, 3.63) is 81.8 Å². The molecule has 3 aromatic rings. The Hall–Kier alpha value is -3.83. The first-order chi connectivity index (χ1) is 15.3. The number of hydrogen-bond acceptors (Lipinski definition) is 4. The van der Waals surface area contributed by atoms with Crippen LogP contribution in [0.15, 0.2) is 59.4 Å². The molecule has 12 heteroatoms. The average molecular weight is 471 g/mol. The zero-order chi connectivity index (χ0) is 24.4. The van der Waals surface area contributed by atoms with Crippen molar-refractivity contribution in [2.24, 2.45) is 0 Å². The van der Waals surface area contributed by atoms with E-state index in [9.17, 15) is 35.9 Å². The number of benzene rings is 2. The highest BCUT2D eigenvalue weighted by Crippen LogP contribution is 2.30. The van der Waals surface area contributed by atoms with E-state index in [1.165, 1.54) is 43.3 Å². The van der Waals surface area contributed by atoms with Crippen molar-refractivity contribution >= 4 is 11.6 Å². The van der Waals surface area contributed by atoms with Gasteiger partial charge in [0, 0.05) is 17.4 Å². The molecule has 1 heterocycles. The highest BCUT2D eigenvalue weighted by atomic mass is 19.4. The van der Waals surface area contributed by atoms with Gasteiger partial charge in [0.05, 0.1) is 11.3 Å². The Labute approximate surface area is 182 Å². The maximum atomic E-state index is 13.0. The van der Waals surface area contributed by atoms with Crippen LogP contribution in [0.2, 0.25) is 0 Å². The van der Waals surface area contributed by atoms with Gasteiger partial charge in [-0.05, 0) is 49.4 Å². The molecule has 6 nitrogen and oxygen atoms in total. The van der Waals surface area contributed by atoms with Gasteiger partial charge in [-0.15, -0.1) is 0 Å². The summed E-state index contributed by atoms with van der Waals surface area (Å²) in [6.07, 6.45) is -9.11. The molecule has 1 aromatic heterocycles. The number of aryl methyl sites for hydroxylation is 1. The largest absolute Gasteiger partial charge is 0.484 e. The minimum atomic E-state index is -4.60. The second-order valence-electron chi connectivity index (χ2n) is 6.84. The molecule has 0 aliphatic heterocycles. The lowest BCUT2D eigenvalue weighted by Gasteiger charge is -2.14. The van der Waals surface area contributed by atoms with Crippen LogP contribution in [0, 0.1) is 6.92 Å². The summed E-state index contributed by atoms with van der Waals surface area (Å²) in [6.45, 7) is -0.0446. The highest BCUT2D eigenvalue weighted by molar-refractivity contribution is 6.02. The van der Waals surface area contributed by atoms with Gasteiger partial charge in [-0.3, -0.25) is 9.59 Å². The molecule has 0 aliphatic rings. The molecule has 174 valence electrons. The van der Waals surface area contributed by atoms with Crippen molar-refractivity contribution < 1.29 is 35.9 Å². The van der Waals surface area contributed by atoms with Crippen molar-refractivity contribution in [1.82, 2.24) is 9.78 Å². The second kappa shape index (κ2) is 8.96. The minimum Gasteiger partial charge on any atom is -0.484 e. The van der Waals surface area contributed by atoms with E-state index in [1.54, 1.807) is 0 Å².